The van der Waals surface area contributed by atoms with Crippen molar-refractivity contribution < 1.29 is 29.0 Å². The number of carbonyl (C=O) groups excluding carboxylic acids is 4. The van der Waals surface area contributed by atoms with Gasteiger partial charge in [0.1, 0.15) is 5.54 Å². The molecular formula is C18H21N3O6. The summed E-state index contributed by atoms with van der Waals surface area (Å²) in [6.45, 7) is -0.729. The van der Waals surface area contributed by atoms with Crippen molar-refractivity contribution in [1.82, 2.24) is 15.8 Å². The lowest BCUT2D eigenvalue weighted by atomic mass is 9.82. The number of nitrogens with zero attached hydrogens (tertiary/aromatic N) is 1. The van der Waals surface area contributed by atoms with E-state index in [0.717, 1.165) is 19.3 Å². The fourth-order valence-corrected chi connectivity index (χ4v) is 3.36. The van der Waals surface area contributed by atoms with Crippen molar-refractivity contribution in [3.63, 3.8) is 0 Å². The second kappa shape index (κ2) is 7.75. The SMILES string of the molecule is O=C(COC(=O)[C@@H](O)c1ccccc1)NN1C(=O)NC2(CCCCC2)C1=O. The molecule has 0 bridgehead atoms. The van der Waals surface area contributed by atoms with Gasteiger partial charge in [-0.25, -0.2) is 9.59 Å². The monoisotopic (exact) mass is 375 g/mol. The Morgan fingerprint density at radius 2 is 1.85 bits per heavy atom. The van der Waals surface area contributed by atoms with Gasteiger partial charge < -0.3 is 15.2 Å². The second-order valence-corrected chi connectivity index (χ2v) is 6.67. The standard InChI is InChI=1S/C18H21N3O6/c22-13(11-27-15(24)14(23)12-7-3-1-4-8-12)20-21-16(25)18(19-17(21)26)9-5-2-6-10-18/h1,3-4,7-8,14,23H,2,5-6,9-11H2,(H,19,26)(H,20,22)/t14-/m0/s1. The summed E-state index contributed by atoms with van der Waals surface area (Å²) in [7, 11) is 0. The lowest BCUT2D eigenvalue weighted by Crippen LogP contribution is -2.51. The zero-order chi connectivity index (χ0) is 19.4. The number of hydrogen-bond donors (Lipinski definition) is 3. The number of ether oxygens (including phenoxy) is 1. The molecule has 9 nitrogen and oxygen atoms in total. The minimum atomic E-state index is -1.53. The first kappa shape index (κ1) is 18.8. The summed E-state index contributed by atoms with van der Waals surface area (Å²) in [6.07, 6.45) is 2.17. The number of esters is 1. The van der Waals surface area contributed by atoms with Crippen LogP contribution in [0, 0.1) is 0 Å². The van der Waals surface area contributed by atoms with Crippen molar-refractivity contribution in [2.24, 2.45) is 0 Å². The molecule has 1 saturated heterocycles. The number of imide groups is 1. The van der Waals surface area contributed by atoms with Crippen LogP contribution in [-0.4, -0.2) is 46.1 Å². The summed E-state index contributed by atoms with van der Waals surface area (Å²) >= 11 is 0. The Bertz CT molecular complexity index is 745. The van der Waals surface area contributed by atoms with Gasteiger partial charge in [-0.2, -0.15) is 5.01 Å². The lowest BCUT2D eigenvalue weighted by Gasteiger charge is -2.30. The van der Waals surface area contributed by atoms with Gasteiger partial charge in [0.05, 0.1) is 0 Å². The molecule has 3 N–H and O–H groups in total. The molecule has 0 radical (unpaired) electrons. The Labute approximate surface area is 155 Å². The molecule has 9 heteroatoms. The minimum Gasteiger partial charge on any atom is -0.453 e. The molecule has 1 spiro atoms. The largest absolute Gasteiger partial charge is 0.453 e. The van der Waals surface area contributed by atoms with Gasteiger partial charge in [-0.15, -0.1) is 0 Å². The van der Waals surface area contributed by atoms with Crippen LogP contribution in [0.2, 0.25) is 0 Å². The zero-order valence-corrected chi connectivity index (χ0v) is 14.6. The van der Waals surface area contributed by atoms with Crippen molar-refractivity contribution in [1.29, 1.82) is 0 Å². The zero-order valence-electron chi connectivity index (χ0n) is 14.6. The first-order valence-corrected chi connectivity index (χ1v) is 8.79. The van der Waals surface area contributed by atoms with Gasteiger partial charge in [0.25, 0.3) is 11.8 Å². The number of urea groups is 1. The number of carbonyl (C=O) groups is 4. The van der Waals surface area contributed by atoms with Crippen LogP contribution in [0.15, 0.2) is 30.3 Å². The summed E-state index contributed by atoms with van der Waals surface area (Å²) < 4.78 is 4.77. The Balaban J connectivity index is 1.52. The molecule has 1 aromatic rings. The molecule has 1 saturated carbocycles. The highest BCUT2D eigenvalue weighted by Gasteiger charge is 2.52. The summed E-state index contributed by atoms with van der Waals surface area (Å²) in [5.74, 6) is -2.35. The van der Waals surface area contributed by atoms with Gasteiger partial charge >= 0.3 is 12.0 Å². The second-order valence-electron chi connectivity index (χ2n) is 6.67. The number of amides is 4. The number of aliphatic hydroxyl groups is 1. The van der Waals surface area contributed by atoms with Crippen LogP contribution in [0.4, 0.5) is 4.79 Å². The average Bonchev–Trinajstić information content (AvgIpc) is 2.90. The van der Waals surface area contributed by atoms with Crippen LogP contribution in [0.3, 0.4) is 0 Å². The number of hydrazine groups is 1. The van der Waals surface area contributed by atoms with Crippen molar-refractivity contribution >= 4 is 23.8 Å². The van der Waals surface area contributed by atoms with E-state index in [0.29, 0.717) is 23.4 Å². The van der Waals surface area contributed by atoms with E-state index in [1.165, 1.54) is 0 Å². The molecule has 4 amide bonds. The third-order valence-electron chi connectivity index (χ3n) is 4.79. The van der Waals surface area contributed by atoms with Crippen LogP contribution in [-0.2, 0) is 19.1 Å². The van der Waals surface area contributed by atoms with E-state index in [1.807, 2.05) is 0 Å². The van der Waals surface area contributed by atoms with Crippen molar-refractivity contribution in [3.05, 3.63) is 35.9 Å². The summed E-state index contributed by atoms with van der Waals surface area (Å²) in [6, 6.07) is 7.41. The maximum atomic E-state index is 12.5. The normalized spacial score (nSPS) is 19.5. The highest BCUT2D eigenvalue weighted by atomic mass is 16.5. The number of aliphatic hydroxyl groups excluding tert-OH is 1. The highest BCUT2D eigenvalue weighted by Crippen LogP contribution is 2.32. The Morgan fingerprint density at radius 1 is 1.19 bits per heavy atom. The molecule has 1 aromatic carbocycles. The highest BCUT2D eigenvalue weighted by molar-refractivity contribution is 6.08. The molecule has 1 heterocycles. The fourth-order valence-electron chi connectivity index (χ4n) is 3.36. The summed E-state index contributed by atoms with van der Waals surface area (Å²) in [5, 5.41) is 13.2. The molecule has 0 unspecified atom stereocenters. The van der Waals surface area contributed by atoms with E-state index in [4.69, 9.17) is 4.74 Å². The van der Waals surface area contributed by atoms with E-state index in [9.17, 15) is 24.3 Å². The van der Waals surface area contributed by atoms with Crippen molar-refractivity contribution in [2.45, 2.75) is 43.7 Å². The predicted molar refractivity (Wildman–Crippen MR) is 91.7 cm³/mol. The van der Waals surface area contributed by atoms with Gasteiger partial charge in [-0.05, 0) is 18.4 Å². The first-order valence-electron chi connectivity index (χ1n) is 8.79. The van der Waals surface area contributed by atoms with Crippen LogP contribution in [0.25, 0.3) is 0 Å². The minimum absolute atomic E-state index is 0.330. The molecular weight excluding hydrogens is 354 g/mol. The van der Waals surface area contributed by atoms with Crippen molar-refractivity contribution in [2.75, 3.05) is 6.61 Å². The summed E-state index contributed by atoms with van der Waals surface area (Å²) in [5.41, 5.74) is 1.53. The third kappa shape index (κ3) is 3.92. The van der Waals surface area contributed by atoms with Crippen LogP contribution in [0.1, 0.15) is 43.8 Å². The number of nitrogens with one attached hydrogen (secondary N) is 2. The number of hydrogen-bond acceptors (Lipinski definition) is 6. The fraction of sp³-hybridized carbons (Fsp3) is 0.444. The van der Waals surface area contributed by atoms with Gasteiger partial charge in [0.2, 0.25) is 0 Å². The van der Waals surface area contributed by atoms with Crippen molar-refractivity contribution in [3.8, 4) is 0 Å². The number of benzene rings is 1. The molecule has 0 aromatic heterocycles. The predicted octanol–water partition coefficient (Wildman–Crippen LogP) is 0.549. The van der Waals surface area contributed by atoms with Gasteiger partial charge in [0, 0.05) is 0 Å². The molecule has 1 atom stereocenters. The lowest BCUT2D eigenvalue weighted by molar-refractivity contribution is -0.158. The van der Waals surface area contributed by atoms with Crippen LogP contribution >= 0.6 is 0 Å². The Kier molecular flexibility index (Phi) is 5.41. The van der Waals surface area contributed by atoms with E-state index in [2.05, 4.69) is 10.7 Å². The molecule has 27 heavy (non-hydrogen) atoms. The summed E-state index contributed by atoms with van der Waals surface area (Å²) in [4.78, 5) is 48.4. The van der Waals surface area contributed by atoms with E-state index in [-0.39, 0.29) is 0 Å². The van der Waals surface area contributed by atoms with E-state index in [1.54, 1.807) is 30.3 Å². The van der Waals surface area contributed by atoms with Gasteiger partial charge in [0.15, 0.2) is 12.7 Å². The van der Waals surface area contributed by atoms with Crippen LogP contribution in [0.5, 0.6) is 0 Å². The molecule has 3 rings (SSSR count). The quantitative estimate of drug-likeness (QED) is 0.510. The molecule has 2 aliphatic rings. The Morgan fingerprint density at radius 3 is 2.52 bits per heavy atom. The maximum Gasteiger partial charge on any atom is 0.344 e. The molecule has 1 aliphatic carbocycles. The van der Waals surface area contributed by atoms with E-state index < -0.39 is 42.1 Å². The van der Waals surface area contributed by atoms with E-state index >= 15 is 0 Å². The number of rotatable bonds is 5. The average molecular weight is 375 g/mol. The maximum absolute atomic E-state index is 12.5. The first-order chi connectivity index (χ1) is 12.9. The topological polar surface area (TPSA) is 125 Å². The third-order valence-corrected chi connectivity index (χ3v) is 4.79. The van der Waals surface area contributed by atoms with Gasteiger partial charge in [-0.3, -0.25) is 15.0 Å². The van der Waals surface area contributed by atoms with Crippen LogP contribution < -0.4 is 10.7 Å². The molecule has 2 fully saturated rings. The van der Waals surface area contributed by atoms with Gasteiger partial charge in [-0.1, -0.05) is 49.6 Å². The molecule has 1 aliphatic heterocycles. The Hall–Kier alpha value is -2.94. The smallest absolute Gasteiger partial charge is 0.344 e. The molecule has 144 valence electrons.